The second kappa shape index (κ2) is 6.98. The molecular weight excluding hydrogens is 350 g/mol. The predicted molar refractivity (Wildman–Crippen MR) is 91.1 cm³/mol. The largest absolute Gasteiger partial charge is 0.368 e. The first kappa shape index (κ1) is 17.0. The highest BCUT2D eigenvalue weighted by Crippen LogP contribution is 2.22. The summed E-state index contributed by atoms with van der Waals surface area (Å²) >= 11 is 6.17. The first-order chi connectivity index (χ1) is 12.0. The average molecular weight is 363 g/mol. The third-order valence-corrected chi connectivity index (χ3v) is 3.95. The maximum atomic E-state index is 13.9. The number of rotatable bonds is 4. The summed E-state index contributed by atoms with van der Waals surface area (Å²) in [6.45, 7) is 0.462. The van der Waals surface area contributed by atoms with E-state index in [-0.39, 0.29) is 10.7 Å². The summed E-state index contributed by atoms with van der Waals surface area (Å²) in [7, 11) is 1.75. The zero-order chi connectivity index (χ0) is 18.0. The summed E-state index contributed by atoms with van der Waals surface area (Å²) in [5.74, 6) is -1.64. The molecule has 2 aromatic heterocycles. The lowest BCUT2D eigenvalue weighted by Crippen LogP contribution is -2.26. The molecule has 0 N–H and O–H groups in total. The maximum absolute atomic E-state index is 13.9. The van der Waals surface area contributed by atoms with Crippen molar-refractivity contribution in [2.45, 2.75) is 6.54 Å². The Morgan fingerprint density at radius 1 is 1.24 bits per heavy atom. The number of hydrogen-bond acceptors (Lipinski definition) is 4. The molecule has 2 heterocycles. The number of pyridine rings is 1. The van der Waals surface area contributed by atoms with Gasteiger partial charge in [0.2, 0.25) is 0 Å². The molecule has 0 saturated carbocycles. The molecule has 128 valence electrons. The van der Waals surface area contributed by atoms with Gasteiger partial charge < -0.3 is 4.90 Å². The number of hydrogen-bond donors (Lipinski definition) is 0. The second-order valence-corrected chi connectivity index (χ2v) is 5.75. The average Bonchev–Trinajstić information content (AvgIpc) is 2.59. The SMILES string of the molecule is CN(Cc1cccnc1)c1cnn(-c2ccc(F)cc2F)c(=O)c1Cl. The Hall–Kier alpha value is -2.80. The summed E-state index contributed by atoms with van der Waals surface area (Å²) in [6.07, 6.45) is 4.73. The molecule has 0 spiro atoms. The van der Waals surface area contributed by atoms with E-state index in [0.717, 1.165) is 22.4 Å². The van der Waals surface area contributed by atoms with Gasteiger partial charge in [-0.1, -0.05) is 17.7 Å². The normalized spacial score (nSPS) is 10.7. The van der Waals surface area contributed by atoms with Gasteiger partial charge in [-0.25, -0.2) is 8.78 Å². The molecule has 0 atom stereocenters. The van der Waals surface area contributed by atoms with Crippen LogP contribution in [0.5, 0.6) is 0 Å². The fraction of sp³-hybridized carbons (Fsp3) is 0.118. The standard InChI is InChI=1S/C17H13ClF2N4O/c1-23(10-11-3-2-6-21-8-11)15-9-22-24(17(25)16(15)18)14-5-4-12(19)7-13(14)20/h2-9H,10H2,1H3. The molecule has 0 fully saturated rings. The molecule has 0 aliphatic carbocycles. The van der Waals surface area contributed by atoms with Crippen LogP contribution in [-0.2, 0) is 6.54 Å². The lowest BCUT2D eigenvalue weighted by Gasteiger charge is -2.20. The Balaban J connectivity index is 1.96. The predicted octanol–water partition coefficient (Wildman–Crippen LogP) is 3.20. The van der Waals surface area contributed by atoms with Gasteiger partial charge >= 0.3 is 0 Å². The molecule has 0 radical (unpaired) electrons. The van der Waals surface area contributed by atoms with E-state index in [1.807, 2.05) is 6.07 Å². The Bertz CT molecular complexity index is 963. The minimum absolute atomic E-state index is 0.106. The van der Waals surface area contributed by atoms with Crippen molar-refractivity contribution in [1.82, 2.24) is 14.8 Å². The molecule has 8 heteroatoms. The van der Waals surface area contributed by atoms with Crippen LogP contribution in [0.15, 0.2) is 53.7 Å². The lowest BCUT2D eigenvalue weighted by atomic mass is 10.2. The van der Waals surface area contributed by atoms with Crippen molar-refractivity contribution in [1.29, 1.82) is 0 Å². The van der Waals surface area contributed by atoms with E-state index in [0.29, 0.717) is 18.3 Å². The van der Waals surface area contributed by atoms with Gasteiger partial charge in [-0.3, -0.25) is 9.78 Å². The fourth-order valence-corrected chi connectivity index (χ4v) is 2.64. The van der Waals surface area contributed by atoms with Crippen LogP contribution in [0.1, 0.15) is 5.56 Å². The molecule has 0 amide bonds. The van der Waals surface area contributed by atoms with Gasteiger partial charge in [0.15, 0.2) is 5.82 Å². The first-order valence-electron chi connectivity index (χ1n) is 7.30. The Kier molecular flexibility index (Phi) is 4.76. The quantitative estimate of drug-likeness (QED) is 0.715. The highest BCUT2D eigenvalue weighted by atomic mass is 35.5. The zero-order valence-electron chi connectivity index (χ0n) is 13.2. The van der Waals surface area contributed by atoms with E-state index >= 15 is 0 Å². The Morgan fingerprint density at radius 3 is 2.72 bits per heavy atom. The van der Waals surface area contributed by atoms with Gasteiger partial charge in [-0.05, 0) is 23.8 Å². The van der Waals surface area contributed by atoms with E-state index in [1.165, 1.54) is 6.20 Å². The summed E-state index contributed by atoms with van der Waals surface area (Å²) in [6, 6.07) is 6.55. The van der Waals surface area contributed by atoms with E-state index < -0.39 is 17.2 Å². The highest BCUT2D eigenvalue weighted by molar-refractivity contribution is 6.33. The monoisotopic (exact) mass is 362 g/mol. The molecule has 3 aromatic rings. The van der Waals surface area contributed by atoms with Crippen LogP contribution in [0.25, 0.3) is 5.69 Å². The molecule has 0 aliphatic heterocycles. The van der Waals surface area contributed by atoms with Crippen LogP contribution in [0, 0.1) is 11.6 Å². The van der Waals surface area contributed by atoms with Crippen LogP contribution < -0.4 is 10.5 Å². The molecule has 25 heavy (non-hydrogen) atoms. The number of anilines is 1. The van der Waals surface area contributed by atoms with Gasteiger partial charge in [0.05, 0.1) is 11.9 Å². The molecule has 0 unspecified atom stereocenters. The molecule has 0 saturated heterocycles. The van der Waals surface area contributed by atoms with Crippen molar-refractivity contribution < 1.29 is 8.78 Å². The van der Waals surface area contributed by atoms with Crippen LogP contribution in [0.2, 0.25) is 5.02 Å². The van der Waals surface area contributed by atoms with Crippen molar-refractivity contribution >= 4 is 17.3 Å². The maximum Gasteiger partial charge on any atom is 0.292 e. The third kappa shape index (κ3) is 3.51. The van der Waals surface area contributed by atoms with E-state index in [9.17, 15) is 13.6 Å². The van der Waals surface area contributed by atoms with Crippen LogP contribution >= 0.6 is 11.6 Å². The number of halogens is 3. The topological polar surface area (TPSA) is 51.0 Å². The highest BCUT2D eigenvalue weighted by Gasteiger charge is 2.16. The van der Waals surface area contributed by atoms with Crippen LogP contribution in [0.3, 0.4) is 0 Å². The van der Waals surface area contributed by atoms with Crippen molar-refractivity contribution in [3.8, 4) is 5.69 Å². The van der Waals surface area contributed by atoms with Crippen molar-refractivity contribution in [2.75, 3.05) is 11.9 Å². The van der Waals surface area contributed by atoms with Gasteiger partial charge in [0.1, 0.15) is 16.5 Å². The summed E-state index contributed by atoms with van der Waals surface area (Å²) in [4.78, 5) is 18.2. The second-order valence-electron chi connectivity index (χ2n) is 5.37. The molecule has 1 aromatic carbocycles. The Labute approximate surface area is 147 Å². The minimum Gasteiger partial charge on any atom is -0.368 e. The number of benzene rings is 1. The van der Waals surface area contributed by atoms with Gasteiger partial charge in [-0.15, -0.1) is 0 Å². The van der Waals surface area contributed by atoms with Crippen LogP contribution in [0.4, 0.5) is 14.5 Å². The van der Waals surface area contributed by atoms with Crippen molar-refractivity contribution in [3.63, 3.8) is 0 Å². The molecule has 0 aliphatic rings. The molecule has 5 nitrogen and oxygen atoms in total. The van der Waals surface area contributed by atoms with Gasteiger partial charge in [0, 0.05) is 32.1 Å². The van der Waals surface area contributed by atoms with Crippen molar-refractivity contribution in [3.05, 3.63) is 81.5 Å². The van der Waals surface area contributed by atoms with E-state index in [1.54, 1.807) is 30.4 Å². The fourth-order valence-electron chi connectivity index (χ4n) is 2.37. The van der Waals surface area contributed by atoms with Crippen LogP contribution in [-0.4, -0.2) is 21.8 Å². The number of nitrogens with zero attached hydrogens (tertiary/aromatic N) is 4. The first-order valence-corrected chi connectivity index (χ1v) is 7.68. The third-order valence-electron chi connectivity index (χ3n) is 3.59. The summed E-state index contributed by atoms with van der Waals surface area (Å²) in [5.41, 5.74) is 0.460. The molecular formula is C17H13ClF2N4O. The van der Waals surface area contributed by atoms with E-state index in [4.69, 9.17) is 11.6 Å². The van der Waals surface area contributed by atoms with Crippen molar-refractivity contribution in [2.24, 2.45) is 0 Å². The summed E-state index contributed by atoms with van der Waals surface area (Å²) in [5, 5.41) is 3.86. The molecule has 3 rings (SSSR count). The summed E-state index contributed by atoms with van der Waals surface area (Å²) < 4.78 is 27.7. The smallest absolute Gasteiger partial charge is 0.292 e. The number of aromatic nitrogens is 3. The van der Waals surface area contributed by atoms with Gasteiger partial charge in [0.25, 0.3) is 5.56 Å². The minimum atomic E-state index is -0.901. The Morgan fingerprint density at radius 2 is 2.04 bits per heavy atom. The molecule has 0 bridgehead atoms. The van der Waals surface area contributed by atoms with Gasteiger partial charge in [-0.2, -0.15) is 9.78 Å². The zero-order valence-corrected chi connectivity index (χ0v) is 13.9. The lowest BCUT2D eigenvalue weighted by molar-refractivity contribution is 0.570. The van der Waals surface area contributed by atoms with E-state index in [2.05, 4.69) is 10.1 Å².